The molecule has 5 heteroatoms. The molecule has 1 amide bonds. The number of carbonyl (C=O) groups is 1. The number of fused-ring (bicyclic) bond motifs is 2. The number of aryl methyl sites for hydroxylation is 2. The van der Waals surface area contributed by atoms with Gasteiger partial charge in [-0.05, 0) is 54.9 Å². The van der Waals surface area contributed by atoms with Crippen LogP contribution in [0.4, 0.5) is 5.69 Å². The number of imidazole rings is 1. The summed E-state index contributed by atoms with van der Waals surface area (Å²) in [5, 5.41) is 3.18. The van der Waals surface area contributed by atoms with E-state index >= 15 is 0 Å². The largest absolute Gasteiger partial charge is 0.399 e. The third-order valence-electron chi connectivity index (χ3n) is 5.27. The summed E-state index contributed by atoms with van der Waals surface area (Å²) in [5.41, 5.74) is 9.67. The maximum Gasteiger partial charge on any atom is 0.271 e. The number of hydrogen-bond acceptors (Lipinski definition) is 3. The van der Waals surface area contributed by atoms with Crippen LogP contribution >= 0.6 is 0 Å². The molecule has 3 N–H and O–H groups in total. The molecule has 0 bridgehead atoms. The van der Waals surface area contributed by atoms with Crippen molar-refractivity contribution in [3.8, 4) is 0 Å². The lowest BCUT2D eigenvalue weighted by Gasteiger charge is -2.26. The molecule has 24 heavy (non-hydrogen) atoms. The van der Waals surface area contributed by atoms with Gasteiger partial charge in [0, 0.05) is 24.8 Å². The lowest BCUT2D eigenvalue weighted by Crippen LogP contribution is -2.31. The molecule has 2 aliphatic rings. The van der Waals surface area contributed by atoms with Crippen LogP contribution in [0.1, 0.15) is 59.7 Å². The summed E-state index contributed by atoms with van der Waals surface area (Å²) in [5.74, 6) is 1.61. The zero-order valence-electron chi connectivity index (χ0n) is 14.1. The number of amides is 1. The second-order valence-electron chi connectivity index (χ2n) is 7.21. The Bertz CT molecular complexity index is 780. The van der Waals surface area contributed by atoms with Gasteiger partial charge < -0.3 is 15.6 Å². The van der Waals surface area contributed by atoms with Gasteiger partial charge in [-0.3, -0.25) is 4.79 Å². The third kappa shape index (κ3) is 2.79. The Morgan fingerprint density at radius 2 is 2.25 bits per heavy atom. The van der Waals surface area contributed by atoms with Crippen LogP contribution in [0, 0.1) is 5.92 Å². The van der Waals surface area contributed by atoms with Gasteiger partial charge in [0.05, 0.1) is 6.04 Å². The van der Waals surface area contributed by atoms with E-state index in [0.29, 0.717) is 11.6 Å². The van der Waals surface area contributed by atoms with Crippen molar-refractivity contribution in [3.63, 3.8) is 0 Å². The molecule has 0 saturated carbocycles. The Kier molecular flexibility index (Phi) is 3.79. The number of carbonyl (C=O) groups excluding carboxylic acids is 1. The van der Waals surface area contributed by atoms with Crippen LogP contribution in [0.2, 0.25) is 0 Å². The third-order valence-corrected chi connectivity index (χ3v) is 5.27. The van der Waals surface area contributed by atoms with Crippen molar-refractivity contribution >= 4 is 11.6 Å². The lowest BCUT2D eigenvalue weighted by molar-refractivity contribution is 0.0928. The van der Waals surface area contributed by atoms with E-state index in [1.807, 2.05) is 18.3 Å². The lowest BCUT2D eigenvalue weighted by atomic mass is 9.87. The van der Waals surface area contributed by atoms with Crippen LogP contribution in [0.15, 0.2) is 24.4 Å². The molecule has 0 spiro atoms. The second kappa shape index (κ2) is 5.96. The number of rotatable bonds is 2. The summed E-state index contributed by atoms with van der Waals surface area (Å²) in [6, 6.07) is 6.05. The maximum absolute atomic E-state index is 12.7. The fraction of sp³-hybridized carbons (Fsp3) is 0.474. The number of anilines is 1. The van der Waals surface area contributed by atoms with Crippen molar-refractivity contribution in [2.24, 2.45) is 5.92 Å². The van der Waals surface area contributed by atoms with E-state index < -0.39 is 0 Å². The monoisotopic (exact) mass is 324 g/mol. The fourth-order valence-electron chi connectivity index (χ4n) is 3.91. The van der Waals surface area contributed by atoms with Crippen molar-refractivity contribution < 1.29 is 4.79 Å². The van der Waals surface area contributed by atoms with Crippen LogP contribution in [0.5, 0.6) is 0 Å². The molecule has 2 aromatic rings. The average Bonchev–Trinajstić information content (AvgIpc) is 2.98. The minimum absolute atomic E-state index is 0.0551. The quantitative estimate of drug-likeness (QED) is 0.834. The molecule has 2 atom stereocenters. The van der Waals surface area contributed by atoms with Crippen LogP contribution in [-0.4, -0.2) is 15.5 Å². The zero-order valence-corrected chi connectivity index (χ0v) is 14.1. The molecule has 0 fully saturated rings. The number of benzene rings is 1. The number of nitrogens with two attached hydrogens (primary N) is 1. The smallest absolute Gasteiger partial charge is 0.271 e. The standard InChI is InChI=1S/C19H24N4O/c1-12-7-8-23-11-17(21-18(23)9-12)19(24)22-16-4-2-3-13-10-14(20)5-6-15(13)16/h5-6,10-12,16H,2-4,7-9,20H2,1H3,(H,22,24). The molecule has 2 heterocycles. The molecule has 1 aromatic carbocycles. The van der Waals surface area contributed by atoms with Gasteiger partial charge in [-0.25, -0.2) is 4.98 Å². The molecule has 2 unspecified atom stereocenters. The van der Waals surface area contributed by atoms with E-state index in [9.17, 15) is 4.79 Å². The van der Waals surface area contributed by atoms with E-state index in [0.717, 1.165) is 50.2 Å². The van der Waals surface area contributed by atoms with Crippen molar-refractivity contribution in [2.45, 2.75) is 51.6 Å². The van der Waals surface area contributed by atoms with Gasteiger partial charge in [-0.15, -0.1) is 0 Å². The normalized spacial score (nSPS) is 22.5. The van der Waals surface area contributed by atoms with Crippen LogP contribution < -0.4 is 11.1 Å². The first-order valence-electron chi connectivity index (χ1n) is 8.85. The molecule has 0 saturated heterocycles. The molecule has 1 aliphatic heterocycles. The SMILES string of the molecule is CC1CCn2cc(C(=O)NC3CCCc4cc(N)ccc43)nc2C1. The first-order chi connectivity index (χ1) is 11.6. The molecular formula is C19H24N4O. The maximum atomic E-state index is 12.7. The van der Waals surface area contributed by atoms with E-state index in [-0.39, 0.29) is 11.9 Å². The van der Waals surface area contributed by atoms with Crippen molar-refractivity contribution in [1.29, 1.82) is 0 Å². The highest BCUT2D eigenvalue weighted by Gasteiger charge is 2.25. The summed E-state index contributed by atoms with van der Waals surface area (Å²) in [7, 11) is 0. The van der Waals surface area contributed by atoms with Crippen molar-refractivity contribution in [3.05, 3.63) is 47.0 Å². The molecule has 0 radical (unpaired) electrons. The Morgan fingerprint density at radius 1 is 1.38 bits per heavy atom. The number of hydrogen-bond donors (Lipinski definition) is 2. The molecular weight excluding hydrogens is 300 g/mol. The Labute approximate surface area is 142 Å². The van der Waals surface area contributed by atoms with E-state index in [1.54, 1.807) is 0 Å². The summed E-state index contributed by atoms with van der Waals surface area (Å²) in [6.45, 7) is 3.20. The Balaban J connectivity index is 1.53. The van der Waals surface area contributed by atoms with Crippen LogP contribution in [0.25, 0.3) is 0 Å². The summed E-state index contributed by atoms with van der Waals surface area (Å²) < 4.78 is 2.13. The minimum Gasteiger partial charge on any atom is -0.399 e. The Morgan fingerprint density at radius 3 is 3.12 bits per heavy atom. The van der Waals surface area contributed by atoms with Gasteiger partial charge in [0.25, 0.3) is 5.91 Å². The highest BCUT2D eigenvalue weighted by molar-refractivity contribution is 5.92. The first-order valence-corrected chi connectivity index (χ1v) is 8.85. The van der Waals surface area contributed by atoms with Crippen LogP contribution in [0.3, 0.4) is 0 Å². The van der Waals surface area contributed by atoms with Crippen molar-refractivity contribution in [1.82, 2.24) is 14.9 Å². The topological polar surface area (TPSA) is 72.9 Å². The highest BCUT2D eigenvalue weighted by atomic mass is 16.2. The number of nitrogens with one attached hydrogen (secondary N) is 1. The predicted octanol–water partition coefficient (Wildman–Crippen LogP) is 2.86. The van der Waals surface area contributed by atoms with E-state index in [1.165, 1.54) is 11.1 Å². The van der Waals surface area contributed by atoms with E-state index in [4.69, 9.17) is 5.73 Å². The summed E-state index contributed by atoms with van der Waals surface area (Å²) >= 11 is 0. The number of aromatic nitrogens is 2. The van der Waals surface area contributed by atoms with Crippen molar-refractivity contribution in [2.75, 3.05) is 5.73 Å². The van der Waals surface area contributed by atoms with Gasteiger partial charge in [0.1, 0.15) is 11.5 Å². The van der Waals surface area contributed by atoms with Gasteiger partial charge in [-0.1, -0.05) is 13.0 Å². The summed E-state index contributed by atoms with van der Waals surface area (Å²) in [4.78, 5) is 17.2. The predicted molar refractivity (Wildman–Crippen MR) is 93.7 cm³/mol. The molecule has 126 valence electrons. The molecule has 1 aliphatic carbocycles. The van der Waals surface area contributed by atoms with Gasteiger partial charge >= 0.3 is 0 Å². The van der Waals surface area contributed by atoms with Gasteiger partial charge in [0.2, 0.25) is 0 Å². The number of nitrogen functional groups attached to an aromatic ring is 1. The fourth-order valence-corrected chi connectivity index (χ4v) is 3.91. The van der Waals surface area contributed by atoms with Gasteiger partial charge in [0.15, 0.2) is 0 Å². The van der Waals surface area contributed by atoms with E-state index in [2.05, 4.69) is 27.9 Å². The molecule has 4 rings (SSSR count). The highest BCUT2D eigenvalue weighted by Crippen LogP contribution is 2.31. The van der Waals surface area contributed by atoms with Crippen LogP contribution in [-0.2, 0) is 19.4 Å². The number of nitrogens with zero attached hydrogens (tertiary/aromatic N) is 2. The minimum atomic E-state index is -0.0702. The first kappa shape index (κ1) is 15.2. The molecule has 1 aromatic heterocycles. The second-order valence-corrected chi connectivity index (χ2v) is 7.21. The zero-order chi connectivity index (χ0) is 16.7. The average molecular weight is 324 g/mol. The Hall–Kier alpha value is -2.30. The summed E-state index contributed by atoms with van der Waals surface area (Å²) in [6.07, 6.45) is 7.08. The molecule has 5 nitrogen and oxygen atoms in total. The van der Waals surface area contributed by atoms with Gasteiger partial charge in [-0.2, -0.15) is 0 Å².